The molecule has 2 heterocycles. The molecule has 2 aromatic rings. The maximum atomic E-state index is 12.5. The fourth-order valence-electron chi connectivity index (χ4n) is 2.41. The van der Waals surface area contributed by atoms with Crippen LogP contribution < -0.4 is 0 Å². The van der Waals surface area contributed by atoms with Crippen LogP contribution in [-0.2, 0) is 9.53 Å². The molecule has 1 aliphatic heterocycles. The molecule has 1 atom stereocenters. The van der Waals surface area contributed by atoms with Gasteiger partial charge >= 0.3 is 5.97 Å². The Hall–Kier alpha value is -2.19. The van der Waals surface area contributed by atoms with E-state index in [2.05, 4.69) is 26.1 Å². The summed E-state index contributed by atoms with van der Waals surface area (Å²) in [7, 11) is 0. The molecule has 2 N–H and O–H groups in total. The molecule has 0 spiro atoms. The molecule has 23 heavy (non-hydrogen) atoms. The predicted molar refractivity (Wildman–Crippen MR) is 85.0 cm³/mol. The van der Waals surface area contributed by atoms with E-state index < -0.39 is 17.9 Å². The number of H-pyrrole nitrogens is 1. The van der Waals surface area contributed by atoms with E-state index in [0.29, 0.717) is 12.3 Å². The number of halogens is 1. The number of nitrogens with zero attached hydrogens (tertiary/aromatic N) is 2. The summed E-state index contributed by atoms with van der Waals surface area (Å²) in [5.41, 5.74) is 1.75. The van der Waals surface area contributed by atoms with Gasteiger partial charge in [-0.25, -0.2) is 4.79 Å². The topological polar surface area (TPSA) is 95.5 Å². The summed E-state index contributed by atoms with van der Waals surface area (Å²) >= 11 is 3.36. The molecule has 1 aliphatic rings. The molecule has 120 valence electrons. The van der Waals surface area contributed by atoms with Gasteiger partial charge in [0.05, 0.1) is 18.9 Å². The standard InChI is InChI=1S/C15H14BrN3O4/c16-10-3-1-9(2-4-10)11-7-12(18-17-11)14(20)19-5-6-23-8-13(19)15(21)22/h1-4,7,13H,5-6,8H2,(H,17,18)(H,21,22). The molecule has 7 nitrogen and oxygen atoms in total. The van der Waals surface area contributed by atoms with Gasteiger partial charge in [-0.1, -0.05) is 28.1 Å². The molecule has 0 radical (unpaired) electrons. The van der Waals surface area contributed by atoms with Crippen molar-refractivity contribution < 1.29 is 19.4 Å². The van der Waals surface area contributed by atoms with E-state index >= 15 is 0 Å². The first-order chi connectivity index (χ1) is 11.1. The minimum absolute atomic E-state index is 0.00518. The number of ether oxygens (including phenoxy) is 1. The first kappa shape index (κ1) is 15.7. The van der Waals surface area contributed by atoms with Gasteiger partial charge in [0.2, 0.25) is 0 Å². The first-order valence-corrected chi connectivity index (χ1v) is 7.78. The number of nitrogens with one attached hydrogen (secondary N) is 1. The van der Waals surface area contributed by atoms with Crippen LogP contribution in [0.5, 0.6) is 0 Å². The number of hydrogen-bond donors (Lipinski definition) is 2. The summed E-state index contributed by atoms with van der Waals surface area (Å²) in [6.07, 6.45) is 0. The van der Waals surface area contributed by atoms with Crippen LogP contribution in [0.1, 0.15) is 10.5 Å². The second-order valence-electron chi connectivity index (χ2n) is 5.10. The minimum atomic E-state index is -1.08. The number of aliphatic carboxylic acids is 1. The lowest BCUT2D eigenvalue weighted by Gasteiger charge is -2.32. The zero-order valence-corrected chi connectivity index (χ0v) is 13.6. The zero-order valence-electron chi connectivity index (χ0n) is 12.0. The van der Waals surface area contributed by atoms with Crippen molar-refractivity contribution in [1.29, 1.82) is 0 Å². The third-order valence-corrected chi connectivity index (χ3v) is 4.15. The highest BCUT2D eigenvalue weighted by Crippen LogP contribution is 2.21. The fraction of sp³-hybridized carbons (Fsp3) is 0.267. The highest BCUT2D eigenvalue weighted by molar-refractivity contribution is 9.10. The van der Waals surface area contributed by atoms with Crippen LogP contribution in [0.25, 0.3) is 11.3 Å². The number of hydrogen-bond acceptors (Lipinski definition) is 4. The molecule has 0 bridgehead atoms. The third kappa shape index (κ3) is 3.27. The summed E-state index contributed by atoms with van der Waals surface area (Å²) in [6, 6.07) is 8.17. The molecule has 8 heteroatoms. The van der Waals surface area contributed by atoms with Crippen molar-refractivity contribution in [2.75, 3.05) is 19.8 Å². The third-order valence-electron chi connectivity index (χ3n) is 3.62. The molecule has 1 saturated heterocycles. The quantitative estimate of drug-likeness (QED) is 0.846. The zero-order chi connectivity index (χ0) is 16.4. The number of rotatable bonds is 3. The van der Waals surface area contributed by atoms with E-state index in [1.54, 1.807) is 6.07 Å². The largest absolute Gasteiger partial charge is 0.480 e. The van der Waals surface area contributed by atoms with E-state index in [-0.39, 0.29) is 18.8 Å². The average Bonchev–Trinajstić information content (AvgIpc) is 3.04. The molecule has 1 fully saturated rings. The van der Waals surface area contributed by atoms with Gasteiger partial charge in [0.15, 0.2) is 6.04 Å². The maximum absolute atomic E-state index is 12.5. The number of carbonyl (C=O) groups excluding carboxylic acids is 1. The highest BCUT2D eigenvalue weighted by atomic mass is 79.9. The van der Waals surface area contributed by atoms with Crippen molar-refractivity contribution in [2.45, 2.75) is 6.04 Å². The van der Waals surface area contributed by atoms with Crippen LogP contribution in [0.2, 0.25) is 0 Å². The van der Waals surface area contributed by atoms with Crippen molar-refractivity contribution in [3.05, 3.63) is 40.5 Å². The Morgan fingerprint density at radius 1 is 1.35 bits per heavy atom. The number of carboxylic acid groups (broad SMARTS) is 1. The number of amides is 1. The Morgan fingerprint density at radius 2 is 2.09 bits per heavy atom. The maximum Gasteiger partial charge on any atom is 0.328 e. The predicted octanol–water partition coefficient (Wildman–Crippen LogP) is 1.76. The van der Waals surface area contributed by atoms with Gasteiger partial charge in [-0.15, -0.1) is 0 Å². The Bertz CT molecular complexity index is 729. The molecule has 1 aromatic heterocycles. The molecular weight excluding hydrogens is 366 g/mol. The van der Waals surface area contributed by atoms with E-state index in [4.69, 9.17) is 4.74 Å². The Morgan fingerprint density at radius 3 is 2.78 bits per heavy atom. The highest BCUT2D eigenvalue weighted by Gasteiger charge is 2.34. The minimum Gasteiger partial charge on any atom is -0.480 e. The van der Waals surface area contributed by atoms with Crippen molar-refractivity contribution in [1.82, 2.24) is 15.1 Å². The van der Waals surface area contributed by atoms with Crippen LogP contribution in [-0.4, -0.2) is 57.9 Å². The molecule has 1 amide bonds. The number of benzene rings is 1. The number of aromatic amines is 1. The molecule has 0 saturated carbocycles. The monoisotopic (exact) mass is 379 g/mol. The van der Waals surface area contributed by atoms with E-state index in [1.807, 2.05) is 24.3 Å². The van der Waals surface area contributed by atoms with Crippen molar-refractivity contribution >= 4 is 27.8 Å². The number of carbonyl (C=O) groups is 2. The van der Waals surface area contributed by atoms with Crippen LogP contribution in [0, 0.1) is 0 Å². The first-order valence-electron chi connectivity index (χ1n) is 6.99. The lowest BCUT2D eigenvalue weighted by Crippen LogP contribution is -2.52. The number of morpholine rings is 1. The second kappa shape index (κ2) is 6.51. The van der Waals surface area contributed by atoms with E-state index in [0.717, 1.165) is 10.0 Å². The van der Waals surface area contributed by atoms with Gasteiger partial charge in [0.25, 0.3) is 5.91 Å². The van der Waals surface area contributed by atoms with Gasteiger partial charge in [0.1, 0.15) is 5.69 Å². The fourth-order valence-corrected chi connectivity index (χ4v) is 2.67. The van der Waals surface area contributed by atoms with Crippen LogP contribution in [0.3, 0.4) is 0 Å². The van der Waals surface area contributed by atoms with Crippen molar-refractivity contribution in [3.8, 4) is 11.3 Å². The molecule has 0 aliphatic carbocycles. The summed E-state index contributed by atoms with van der Waals surface area (Å²) in [5, 5.41) is 16.0. The van der Waals surface area contributed by atoms with E-state index in [1.165, 1.54) is 4.90 Å². The Labute approximate surface area is 140 Å². The normalized spacial score (nSPS) is 18.0. The Kier molecular flexibility index (Phi) is 4.44. The molecule has 1 unspecified atom stereocenters. The van der Waals surface area contributed by atoms with Gasteiger partial charge in [-0.05, 0) is 18.2 Å². The summed E-state index contributed by atoms with van der Waals surface area (Å²) in [5.74, 6) is -1.47. The summed E-state index contributed by atoms with van der Waals surface area (Å²) < 4.78 is 6.09. The number of aromatic nitrogens is 2. The average molecular weight is 380 g/mol. The Balaban J connectivity index is 1.83. The smallest absolute Gasteiger partial charge is 0.328 e. The van der Waals surface area contributed by atoms with Gasteiger partial charge in [-0.2, -0.15) is 5.10 Å². The SMILES string of the molecule is O=C(O)C1COCCN1C(=O)c1cc(-c2ccc(Br)cc2)n[nH]1. The van der Waals surface area contributed by atoms with Crippen LogP contribution in [0.15, 0.2) is 34.8 Å². The van der Waals surface area contributed by atoms with Crippen LogP contribution in [0.4, 0.5) is 0 Å². The molecule has 1 aromatic carbocycles. The van der Waals surface area contributed by atoms with Crippen molar-refractivity contribution in [2.24, 2.45) is 0 Å². The lowest BCUT2D eigenvalue weighted by molar-refractivity contribution is -0.147. The van der Waals surface area contributed by atoms with Gasteiger partial charge in [0, 0.05) is 16.6 Å². The molecular formula is C15H14BrN3O4. The second-order valence-corrected chi connectivity index (χ2v) is 6.02. The summed E-state index contributed by atoms with van der Waals surface area (Å²) in [4.78, 5) is 25.1. The van der Waals surface area contributed by atoms with Crippen molar-refractivity contribution in [3.63, 3.8) is 0 Å². The summed E-state index contributed by atoms with van der Waals surface area (Å²) in [6.45, 7) is 0.556. The number of carboxylic acids is 1. The van der Waals surface area contributed by atoms with Gasteiger partial charge < -0.3 is 14.7 Å². The lowest BCUT2D eigenvalue weighted by atomic mass is 10.1. The molecule has 3 rings (SSSR count). The van der Waals surface area contributed by atoms with Gasteiger partial charge in [-0.3, -0.25) is 9.89 Å². The van der Waals surface area contributed by atoms with E-state index in [9.17, 15) is 14.7 Å². The van der Waals surface area contributed by atoms with Crippen LogP contribution >= 0.6 is 15.9 Å².